The van der Waals surface area contributed by atoms with E-state index in [1.54, 1.807) is 0 Å². The van der Waals surface area contributed by atoms with E-state index in [2.05, 4.69) is 19.2 Å². The lowest BCUT2D eigenvalue weighted by molar-refractivity contribution is -0.168. The SMILES string of the molecule is CCCC1(C(=O)OC2CCCCC2C)CCNCC1. The standard InChI is InChI=1S/C16H29NO2/c1-3-8-16(9-11-17-12-10-16)15(18)19-14-7-5-4-6-13(14)2/h13-14,17H,3-12H2,1-2H3. The summed E-state index contributed by atoms with van der Waals surface area (Å²) in [6.45, 7) is 6.30. The fourth-order valence-electron chi connectivity index (χ4n) is 3.66. The van der Waals surface area contributed by atoms with Gasteiger partial charge in [-0.05, 0) is 57.5 Å². The Labute approximate surface area is 117 Å². The van der Waals surface area contributed by atoms with Crippen molar-refractivity contribution in [2.24, 2.45) is 11.3 Å². The molecule has 0 aromatic rings. The van der Waals surface area contributed by atoms with Gasteiger partial charge in [-0.1, -0.05) is 26.7 Å². The third kappa shape index (κ3) is 3.50. The van der Waals surface area contributed by atoms with Crippen LogP contribution >= 0.6 is 0 Å². The maximum Gasteiger partial charge on any atom is 0.312 e. The van der Waals surface area contributed by atoms with E-state index in [1.807, 2.05) is 0 Å². The monoisotopic (exact) mass is 267 g/mol. The van der Waals surface area contributed by atoms with Crippen LogP contribution in [-0.4, -0.2) is 25.2 Å². The largest absolute Gasteiger partial charge is 0.462 e. The number of piperidine rings is 1. The summed E-state index contributed by atoms with van der Waals surface area (Å²) in [4.78, 5) is 12.7. The minimum absolute atomic E-state index is 0.0922. The van der Waals surface area contributed by atoms with Gasteiger partial charge in [0, 0.05) is 0 Å². The quantitative estimate of drug-likeness (QED) is 0.794. The lowest BCUT2D eigenvalue weighted by Gasteiger charge is -2.38. The highest BCUT2D eigenvalue weighted by molar-refractivity contribution is 5.77. The Morgan fingerprint density at radius 1 is 1.26 bits per heavy atom. The first kappa shape index (κ1) is 14.8. The smallest absolute Gasteiger partial charge is 0.312 e. The van der Waals surface area contributed by atoms with Gasteiger partial charge in [0.1, 0.15) is 6.10 Å². The van der Waals surface area contributed by atoms with E-state index < -0.39 is 0 Å². The average molecular weight is 267 g/mol. The lowest BCUT2D eigenvalue weighted by Crippen LogP contribution is -2.45. The van der Waals surface area contributed by atoms with Crippen LogP contribution in [0.2, 0.25) is 0 Å². The Balaban J connectivity index is 1.98. The van der Waals surface area contributed by atoms with Gasteiger partial charge in [-0.3, -0.25) is 4.79 Å². The zero-order valence-electron chi connectivity index (χ0n) is 12.5. The summed E-state index contributed by atoms with van der Waals surface area (Å²) in [6, 6.07) is 0. The molecule has 2 unspecified atom stereocenters. The Bertz CT molecular complexity index is 292. The molecule has 2 fully saturated rings. The van der Waals surface area contributed by atoms with Crippen LogP contribution in [0.15, 0.2) is 0 Å². The van der Waals surface area contributed by atoms with Crippen molar-refractivity contribution in [3.63, 3.8) is 0 Å². The van der Waals surface area contributed by atoms with Gasteiger partial charge in [-0.25, -0.2) is 0 Å². The minimum atomic E-state index is -0.197. The predicted octanol–water partition coefficient (Wildman–Crippen LogP) is 3.28. The fourth-order valence-corrected chi connectivity index (χ4v) is 3.66. The normalized spacial score (nSPS) is 30.8. The molecule has 3 heteroatoms. The summed E-state index contributed by atoms with van der Waals surface area (Å²) >= 11 is 0. The van der Waals surface area contributed by atoms with E-state index in [9.17, 15) is 4.79 Å². The van der Waals surface area contributed by atoms with Crippen molar-refractivity contribution in [3.05, 3.63) is 0 Å². The first-order valence-electron chi connectivity index (χ1n) is 8.10. The molecule has 110 valence electrons. The Morgan fingerprint density at radius 3 is 2.58 bits per heavy atom. The van der Waals surface area contributed by atoms with Crippen LogP contribution in [0.5, 0.6) is 0 Å². The molecule has 0 radical (unpaired) electrons. The summed E-state index contributed by atoms with van der Waals surface area (Å²) in [5.74, 6) is 0.632. The zero-order valence-corrected chi connectivity index (χ0v) is 12.5. The molecule has 2 rings (SSSR count). The summed E-state index contributed by atoms with van der Waals surface area (Å²) in [5, 5.41) is 3.36. The van der Waals surface area contributed by atoms with Crippen molar-refractivity contribution < 1.29 is 9.53 Å². The maximum absolute atomic E-state index is 12.7. The van der Waals surface area contributed by atoms with Gasteiger partial charge in [0.2, 0.25) is 0 Å². The highest BCUT2D eigenvalue weighted by Crippen LogP contribution is 2.37. The molecule has 1 saturated heterocycles. The second kappa shape index (κ2) is 6.74. The third-order valence-corrected chi connectivity index (χ3v) is 5.01. The Morgan fingerprint density at radius 2 is 1.95 bits per heavy atom. The van der Waals surface area contributed by atoms with Crippen molar-refractivity contribution in [3.8, 4) is 0 Å². The predicted molar refractivity (Wildman–Crippen MR) is 77.0 cm³/mol. The second-order valence-electron chi connectivity index (χ2n) is 6.49. The molecule has 0 aromatic carbocycles. The number of carbonyl (C=O) groups is 1. The van der Waals surface area contributed by atoms with Gasteiger partial charge < -0.3 is 10.1 Å². The lowest BCUT2D eigenvalue weighted by atomic mass is 9.75. The molecule has 2 aliphatic rings. The van der Waals surface area contributed by atoms with Crippen molar-refractivity contribution >= 4 is 5.97 Å². The Kier molecular flexibility index (Phi) is 5.26. The first-order valence-corrected chi connectivity index (χ1v) is 8.10. The van der Waals surface area contributed by atoms with Gasteiger partial charge in [0.15, 0.2) is 0 Å². The minimum Gasteiger partial charge on any atom is -0.462 e. The van der Waals surface area contributed by atoms with E-state index in [0.717, 1.165) is 45.2 Å². The molecule has 2 atom stereocenters. The molecule has 1 aliphatic carbocycles. The van der Waals surface area contributed by atoms with Crippen molar-refractivity contribution in [1.82, 2.24) is 5.32 Å². The van der Waals surface area contributed by atoms with Crippen LogP contribution in [0.3, 0.4) is 0 Å². The number of hydrogen-bond acceptors (Lipinski definition) is 3. The van der Waals surface area contributed by atoms with Gasteiger partial charge in [0.05, 0.1) is 5.41 Å². The van der Waals surface area contributed by atoms with Crippen molar-refractivity contribution in [2.75, 3.05) is 13.1 Å². The van der Waals surface area contributed by atoms with Gasteiger partial charge in [-0.15, -0.1) is 0 Å². The topological polar surface area (TPSA) is 38.3 Å². The molecule has 1 heterocycles. The van der Waals surface area contributed by atoms with Crippen LogP contribution in [0.25, 0.3) is 0 Å². The number of carbonyl (C=O) groups excluding carboxylic acids is 1. The molecule has 1 N–H and O–H groups in total. The number of ether oxygens (including phenoxy) is 1. The van der Waals surface area contributed by atoms with Gasteiger partial charge in [-0.2, -0.15) is 0 Å². The van der Waals surface area contributed by atoms with E-state index in [4.69, 9.17) is 4.74 Å². The number of esters is 1. The zero-order chi connectivity index (χ0) is 13.7. The van der Waals surface area contributed by atoms with Crippen LogP contribution < -0.4 is 5.32 Å². The molecule has 0 amide bonds. The van der Waals surface area contributed by atoms with E-state index in [0.29, 0.717) is 5.92 Å². The first-order chi connectivity index (χ1) is 9.18. The van der Waals surface area contributed by atoms with Crippen LogP contribution in [-0.2, 0) is 9.53 Å². The Hall–Kier alpha value is -0.570. The fraction of sp³-hybridized carbons (Fsp3) is 0.938. The highest BCUT2D eigenvalue weighted by atomic mass is 16.5. The summed E-state index contributed by atoms with van der Waals surface area (Å²) < 4.78 is 5.93. The van der Waals surface area contributed by atoms with Crippen molar-refractivity contribution in [1.29, 1.82) is 0 Å². The van der Waals surface area contributed by atoms with E-state index >= 15 is 0 Å². The van der Waals surface area contributed by atoms with Crippen molar-refractivity contribution in [2.45, 2.75) is 71.3 Å². The summed E-state index contributed by atoms with van der Waals surface area (Å²) in [6.07, 6.45) is 8.88. The molecule has 19 heavy (non-hydrogen) atoms. The molecular weight excluding hydrogens is 238 g/mol. The van der Waals surface area contributed by atoms with E-state index in [-0.39, 0.29) is 17.5 Å². The number of nitrogens with one attached hydrogen (secondary N) is 1. The molecule has 1 aliphatic heterocycles. The number of hydrogen-bond donors (Lipinski definition) is 1. The van der Waals surface area contributed by atoms with Gasteiger partial charge >= 0.3 is 5.97 Å². The number of rotatable bonds is 4. The molecule has 3 nitrogen and oxygen atoms in total. The van der Waals surface area contributed by atoms with Crippen LogP contribution in [0.1, 0.15) is 65.2 Å². The second-order valence-corrected chi connectivity index (χ2v) is 6.49. The molecular formula is C16H29NO2. The van der Waals surface area contributed by atoms with E-state index in [1.165, 1.54) is 19.3 Å². The van der Waals surface area contributed by atoms with Crippen LogP contribution in [0.4, 0.5) is 0 Å². The molecule has 0 spiro atoms. The van der Waals surface area contributed by atoms with Crippen LogP contribution in [0, 0.1) is 11.3 Å². The van der Waals surface area contributed by atoms with Gasteiger partial charge in [0.25, 0.3) is 0 Å². The maximum atomic E-state index is 12.7. The molecule has 1 saturated carbocycles. The summed E-state index contributed by atoms with van der Waals surface area (Å²) in [5.41, 5.74) is -0.197. The average Bonchev–Trinajstić information content (AvgIpc) is 2.42. The third-order valence-electron chi connectivity index (χ3n) is 5.01. The molecule has 0 bridgehead atoms. The summed E-state index contributed by atoms with van der Waals surface area (Å²) in [7, 11) is 0. The molecule has 0 aromatic heterocycles. The highest BCUT2D eigenvalue weighted by Gasteiger charge is 2.41.